The summed E-state index contributed by atoms with van der Waals surface area (Å²) in [6.07, 6.45) is 5.63. The van der Waals surface area contributed by atoms with E-state index in [-0.39, 0.29) is 11.6 Å². The first-order valence-electron chi connectivity index (χ1n) is 7.70. The summed E-state index contributed by atoms with van der Waals surface area (Å²) < 4.78 is 11.9. The van der Waals surface area contributed by atoms with Crippen LogP contribution in [0.25, 0.3) is 11.0 Å². The molecule has 1 aliphatic carbocycles. The molecule has 21 heavy (non-hydrogen) atoms. The zero-order valence-electron chi connectivity index (χ0n) is 12.8. The van der Waals surface area contributed by atoms with Crippen LogP contribution in [0, 0.1) is 6.92 Å². The molecule has 4 heteroatoms. The highest BCUT2D eigenvalue weighted by molar-refractivity contribution is 5.78. The maximum atomic E-state index is 6.03. The monoisotopic (exact) mass is 288 g/mol. The number of nitrogens with one attached hydrogen (secondary N) is 1. The molecule has 1 atom stereocenters. The van der Waals surface area contributed by atoms with Crippen LogP contribution >= 0.6 is 0 Å². The van der Waals surface area contributed by atoms with Gasteiger partial charge in [0, 0.05) is 12.5 Å². The third-order valence-electron chi connectivity index (χ3n) is 4.77. The van der Waals surface area contributed by atoms with E-state index < -0.39 is 0 Å². The summed E-state index contributed by atoms with van der Waals surface area (Å²) >= 11 is 0. The predicted octanol–water partition coefficient (Wildman–Crippen LogP) is 3.59. The largest absolute Gasteiger partial charge is 0.459 e. The number of hydrogen-bond donors (Lipinski definition) is 2. The minimum absolute atomic E-state index is 0.115. The van der Waals surface area contributed by atoms with Crippen LogP contribution in [0.4, 0.5) is 0 Å². The Balaban J connectivity index is 2.00. The topological polar surface area (TPSA) is 60.4 Å². The molecule has 2 aromatic rings. The van der Waals surface area contributed by atoms with Gasteiger partial charge in [-0.1, -0.05) is 30.9 Å². The number of hydrogen-bond acceptors (Lipinski definition) is 4. The number of rotatable bonds is 4. The lowest BCUT2D eigenvalue weighted by Crippen LogP contribution is -2.49. The Bertz CT molecular complexity index is 614. The van der Waals surface area contributed by atoms with Crippen LogP contribution in [-0.4, -0.2) is 12.7 Å². The summed E-state index contributed by atoms with van der Waals surface area (Å²) in [4.78, 5) is 0. The molecule has 1 unspecified atom stereocenters. The van der Waals surface area contributed by atoms with E-state index in [1.54, 1.807) is 7.11 Å². The molecule has 4 nitrogen and oxygen atoms in total. The number of aryl methyl sites for hydroxylation is 1. The van der Waals surface area contributed by atoms with Gasteiger partial charge in [-0.3, -0.25) is 5.84 Å². The van der Waals surface area contributed by atoms with Gasteiger partial charge in [0.05, 0.1) is 5.60 Å². The van der Waals surface area contributed by atoms with Gasteiger partial charge in [-0.25, -0.2) is 5.43 Å². The van der Waals surface area contributed by atoms with Gasteiger partial charge in [0.2, 0.25) is 0 Å². The lowest BCUT2D eigenvalue weighted by atomic mass is 9.78. The van der Waals surface area contributed by atoms with Crippen molar-refractivity contribution in [2.75, 3.05) is 7.11 Å². The number of fused-ring (bicyclic) bond motifs is 1. The highest BCUT2D eigenvalue weighted by Gasteiger charge is 2.42. The SMILES string of the molecule is COC1(C(NN)c2cc3cc(C)ccc3o2)CCCCC1. The van der Waals surface area contributed by atoms with Crippen molar-refractivity contribution in [3.8, 4) is 0 Å². The summed E-state index contributed by atoms with van der Waals surface area (Å²) in [6.45, 7) is 2.09. The first-order valence-corrected chi connectivity index (χ1v) is 7.70. The van der Waals surface area contributed by atoms with E-state index in [1.165, 1.54) is 24.8 Å². The van der Waals surface area contributed by atoms with Crippen molar-refractivity contribution >= 4 is 11.0 Å². The van der Waals surface area contributed by atoms with E-state index in [1.807, 2.05) is 6.07 Å². The maximum Gasteiger partial charge on any atom is 0.134 e. The van der Waals surface area contributed by atoms with Gasteiger partial charge >= 0.3 is 0 Å². The molecule has 0 amide bonds. The van der Waals surface area contributed by atoms with Crippen LogP contribution < -0.4 is 11.3 Å². The second-order valence-corrected chi connectivity index (χ2v) is 6.12. The molecule has 0 radical (unpaired) electrons. The third kappa shape index (κ3) is 2.59. The van der Waals surface area contributed by atoms with Crippen molar-refractivity contribution in [2.24, 2.45) is 5.84 Å². The van der Waals surface area contributed by atoms with Gasteiger partial charge < -0.3 is 9.15 Å². The van der Waals surface area contributed by atoms with E-state index in [9.17, 15) is 0 Å². The molecule has 1 fully saturated rings. The highest BCUT2D eigenvalue weighted by atomic mass is 16.5. The zero-order chi connectivity index (χ0) is 14.9. The Kier molecular flexibility index (Phi) is 4.02. The van der Waals surface area contributed by atoms with Gasteiger partial charge in [0.15, 0.2) is 0 Å². The van der Waals surface area contributed by atoms with Gasteiger partial charge in [-0.05, 0) is 38.0 Å². The van der Waals surface area contributed by atoms with E-state index in [2.05, 4.69) is 30.5 Å². The molecule has 1 heterocycles. The minimum atomic E-state index is -0.268. The molecule has 1 aromatic heterocycles. The average molecular weight is 288 g/mol. The van der Waals surface area contributed by atoms with Gasteiger partial charge in [0.25, 0.3) is 0 Å². The Morgan fingerprint density at radius 2 is 2.00 bits per heavy atom. The summed E-state index contributed by atoms with van der Waals surface area (Å²) in [7, 11) is 1.78. The summed E-state index contributed by atoms with van der Waals surface area (Å²) in [6, 6.07) is 8.18. The zero-order valence-corrected chi connectivity index (χ0v) is 12.8. The van der Waals surface area contributed by atoms with Crippen LogP contribution in [0.15, 0.2) is 28.7 Å². The first-order chi connectivity index (χ1) is 10.2. The molecule has 0 spiro atoms. The van der Waals surface area contributed by atoms with E-state index in [0.717, 1.165) is 29.6 Å². The van der Waals surface area contributed by atoms with Gasteiger partial charge in [0.1, 0.15) is 17.4 Å². The molecule has 114 valence electrons. The Labute approximate surface area is 125 Å². The van der Waals surface area contributed by atoms with Crippen LogP contribution in [0.1, 0.15) is 49.5 Å². The van der Waals surface area contributed by atoms with Crippen molar-refractivity contribution in [3.63, 3.8) is 0 Å². The van der Waals surface area contributed by atoms with Crippen LogP contribution in [0.3, 0.4) is 0 Å². The van der Waals surface area contributed by atoms with Crippen molar-refractivity contribution in [2.45, 2.75) is 50.7 Å². The third-order valence-corrected chi connectivity index (χ3v) is 4.77. The van der Waals surface area contributed by atoms with Crippen molar-refractivity contribution in [1.82, 2.24) is 5.43 Å². The predicted molar refractivity (Wildman–Crippen MR) is 83.8 cm³/mol. The summed E-state index contributed by atoms with van der Waals surface area (Å²) in [5.74, 6) is 6.72. The van der Waals surface area contributed by atoms with Crippen molar-refractivity contribution < 1.29 is 9.15 Å². The molecule has 1 aromatic carbocycles. The Morgan fingerprint density at radius 3 is 2.67 bits per heavy atom. The van der Waals surface area contributed by atoms with E-state index in [4.69, 9.17) is 15.0 Å². The molecular formula is C17H24N2O2. The quantitative estimate of drug-likeness (QED) is 0.666. The number of methoxy groups -OCH3 is 1. The molecule has 0 bridgehead atoms. The number of furan rings is 1. The molecule has 0 aliphatic heterocycles. The number of hydrazine groups is 1. The Hall–Kier alpha value is -1.36. The van der Waals surface area contributed by atoms with E-state index >= 15 is 0 Å². The fourth-order valence-electron chi connectivity index (χ4n) is 3.58. The van der Waals surface area contributed by atoms with Gasteiger partial charge in [-0.15, -0.1) is 0 Å². The standard InChI is InChI=1S/C17H24N2O2/c1-12-6-7-14-13(10-12)11-15(21-14)16(19-18)17(20-2)8-4-3-5-9-17/h6-7,10-11,16,19H,3-5,8-9,18H2,1-2H3. The Morgan fingerprint density at radius 1 is 1.24 bits per heavy atom. The number of ether oxygens (including phenoxy) is 1. The highest BCUT2D eigenvalue weighted by Crippen LogP contribution is 2.42. The normalized spacial score (nSPS) is 19.8. The summed E-state index contributed by atoms with van der Waals surface area (Å²) in [5.41, 5.74) is 4.80. The smallest absolute Gasteiger partial charge is 0.134 e. The fraction of sp³-hybridized carbons (Fsp3) is 0.529. The minimum Gasteiger partial charge on any atom is -0.459 e. The van der Waals surface area contributed by atoms with Crippen LogP contribution in [0.5, 0.6) is 0 Å². The molecule has 1 aliphatic rings. The number of nitrogens with two attached hydrogens (primary N) is 1. The second-order valence-electron chi connectivity index (χ2n) is 6.12. The first kappa shape index (κ1) is 14.6. The van der Waals surface area contributed by atoms with Gasteiger partial charge in [-0.2, -0.15) is 0 Å². The van der Waals surface area contributed by atoms with Crippen LogP contribution in [0.2, 0.25) is 0 Å². The molecule has 1 saturated carbocycles. The molecule has 3 N–H and O–H groups in total. The second kappa shape index (κ2) is 5.79. The maximum absolute atomic E-state index is 6.03. The van der Waals surface area contributed by atoms with Crippen molar-refractivity contribution in [1.29, 1.82) is 0 Å². The fourth-order valence-corrected chi connectivity index (χ4v) is 3.58. The van der Waals surface area contributed by atoms with E-state index in [0.29, 0.717) is 0 Å². The molecular weight excluding hydrogens is 264 g/mol. The lowest BCUT2D eigenvalue weighted by molar-refractivity contribution is -0.0731. The molecule has 3 rings (SSSR count). The van der Waals surface area contributed by atoms with Crippen molar-refractivity contribution in [3.05, 3.63) is 35.6 Å². The number of benzene rings is 1. The molecule has 0 saturated heterocycles. The summed E-state index contributed by atoms with van der Waals surface area (Å²) in [5, 5.41) is 1.12. The lowest BCUT2D eigenvalue weighted by Gasteiger charge is -2.41. The average Bonchev–Trinajstić information content (AvgIpc) is 2.91. The van der Waals surface area contributed by atoms with Crippen LogP contribution in [-0.2, 0) is 4.74 Å².